The van der Waals surface area contributed by atoms with Crippen molar-refractivity contribution in [3.8, 4) is 5.75 Å². The lowest BCUT2D eigenvalue weighted by atomic mass is 10.1. The Morgan fingerprint density at radius 2 is 1.93 bits per heavy atom. The van der Waals surface area contributed by atoms with Crippen LogP contribution in [0.1, 0.15) is 23.0 Å². The van der Waals surface area contributed by atoms with E-state index < -0.39 is 0 Å². The number of hydrogen-bond donors (Lipinski definition) is 1. The van der Waals surface area contributed by atoms with Crippen molar-refractivity contribution in [2.75, 3.05) is 38.6 Å². The van der Waals surface area contributed by atoms with Crippen molar-refractivity contribution in [2.45, 2.75) is 19.9 Å². The highest BCUT2D eigenvalue weighted by Crippen LogP contribution is 2.25. The highest BCUT2D eigenvalue weighted by atomic mass is 16.5. The number of amides is 2. The molecule has 1 fully saturated rings. The quantitative estimate of drug-likeness (QED) is 0.873. The van der Waals surface area contributed by atoms with Crippen molar-refractivity contribution in [1.29, 1.82) is 0 Å². The molecule has 2 heterocycles. The van der Waals surface area contributed by atoms with E-state index in [-0.39, 0.29) is 17.9 Å². The second kappa shape index (κ2) is 8.26. The molecule has 0 spiro atoms. The molecule has 1 N–H and O–H groups in total. The van der Waals surface area contributed by atoms with Gasteiger partial charge in [0.2, 0.25) is 5.91 Å². The molecule has 1 aliphatic heterocycles. The van der Waals surface area contributed by atoms with E-state index in [2.05, 4.69) is 10.2 Å². The number of carbonyl (C=O) groups excluding carboxylic acids is 2. The van der Waals surface area contributed by atoms with Gasteiger partial charge in [-0.05, 0) is 43.7 Å². The lowest BCUT2D eigenvalue weighted by Gasteiger charge is -2.37. The van der Waals surface area contributed by atoms with Crippen LogP contribution in [0.2, 0.25) is 0 Å². The molecule has 1 atom stereocenters. The van der Waals surface area contributed by atoms with Gasteiger partial charge in [-0.1, -0.05) is 6.07 Å². The van der Waals surface area contributed by atoms with E-state index in [0.717, 1.165) is 5.56 Å². The largest absolute Gasteiger partial charge is 0.495 e. The van der Waals surface area contributed by atoms with Gasteiger partial charge in [-0.3, -0.25) is 14.5 Å². The molecule has 0 aliphatic carbocycles. The summed E-state index contributed by atoms with van der Waals surface area (Å²) in [5, 5.41) is 2.95. The zero-order chi connectivity index (χ0) is 19.4. The summed E-state index contributed by atoms with van der Waals surface area (Å²) in [4.78, 5) is 28.9. The van der Waals surface area contributed by atoms with Gasteiger partial charge in [0.1, 0.15) is 5.75 Å². The zero-order valence-corrected chi connectivity index (χ0v) is 15.9. The Kier molecular flexibility index (Phi) is 5.81. The summed E-state index contributed by atoms with van der Waals surface area (Å²) < 4.78 is 10.5. The molecule has 1 saturated heterocycles. The van der Waals surface area contributed by atoms with Crippen LogP contribution in [0.4, 0.5) is 5.69 Å². The number of piperazine rings is 1. The fourth-order valence-electron chi connectivity index (χ4n) is 3.19. The highest BCUT2D eigenvalue weighted by molar-refractivity contribution is 5.96. The molecule has 0 radical (unpaired) electrons. The number of benzene rings is 1. The average molecular weight is 371 g/mol. The molecule has 3 rings (SSSR count). The maximum absolute atomic E-state index is 12.7. The lowest BCUT2D eigenvalue weighted by molar-refractivity contribution is -0.121. The first-order chi connectivity index (χ1) is 13.0. The van der Waals surface area contributed by atoms with E-state index in [4.69, 9.17) is 9.15 Å². The van der Waals surface area contributed by atoms with Crippen LogP contribution in [0.5, 0.6) is 5.75 Å². The summed E-state index contributed by atoms with van der Waals surface area (Å²) in [6.07, 6.45) is 1.50. The van der Waals surface area contributed by atoms with Crippen molar-refractivity contribution in [3.63, 3.8) is 0 Å². The number of rotatable bonds is 5. The summed E-state index contributed by atoms with van der Waals surface area (Å²) >= 11 is 0. The molecule has 0 saturated carbocycles. The van der Waals surface area contributed by atoms with E-state index in [1.54, 1.807) is 24.1 Å². The number of aryl methyl sites for hydroxylation is 1. The fourth-order valence-corrected chi connectivity index (χ4v) is 3.19. The van der Waals surface area contributed by atoms with Gasteiger partial charge >= 0.3 is 0 Å². The third kappa shape index (κ3) is 4.31. The average Bonchev–Trinajstić information content (AvgIpc) is 3.22. The van der Waals surface area contributed by atoms with Crippen LogP contribution in [0.25, 0.3) is 0 Å². The van der Waals surface area contributed by atoms with Crippen molar-refractivity contribution >= 4 is 17.5 Å². The molecule has 2 aromatic rings. The Bertz CT molecular complexity index is 796. The molecule has 1 aliphatic rings. The van der Waals surface area contributed by atoms with Crippen molar-refractivity contribution < 1.29 is 18.7 Å². The fraction of sp³-hybridized carbons (Fsp3) is 0.400. The predicted molar refractivity (Wildman–Crippen MR) is 102 cm³/mol. The summed E-state index contributed by atoms with van der Waals surface area (Å²) in [5.41, 5.74) is 1.71. The SMILES string of the molecule is COc1ccc(C)cc1NC(=O)C(C)N1CCN(C(=O)c2ccco2)CC1. The lowest BCUT2D eigenvalue weighted by Crippen LogP contribution is -2.54. The zero-order valence-electron chi connectivity index (χ0n) is 15.9. The molecule has 1 aromatic heterocycles. The third-order valence-corrected chi connectivity index (χ3v) is 4.87. The number of furan rings is 1. The molecule has 0 bridgehead atoms. The number of hydrogen-bond acceptors (Lipinski definition) is 5. The third-order valence-electron chi connectivity index (χ3n) is 4.87. The first kappa shape index (κ1) is 19.0. The van der Waals surface area contributed by atoms with Crippen molar-refractivity contribution in [1.82, 2.24) is 9.80 Å². The van der Waals surface area contributed by atoms with Crippen LogP contribution < -0.4 is 10.1 Å². The van der Waals surface area contributed by atoms with Crippen LogP contribution >= 0.6 is 0 Å². The van der Waals surface area contributed by atoms with Crippen LogP contribution in [0.3, 0.4) is 0 Å². The topological polar surface area (TPSA) is 75.0 Å². The van der Waals surface area contributed by atoms with Gasteiger partial charge in [0.25, 0.3) is 5.91 Å². The minimum absolute atomic E-state index is 0.0929. The van der Waals surface area contributed by atoms with Gasteiger partial charge in [-0.15, -0.1) is 0 Å². The van der Waals surface area contributed by atoms with Gasteiger partial charge in [-0.2, -0.15) is 0 Å². The van der Waals surface area contributed by atoms with Gasteiger partial charge < -0.3 is 19.4 Å². The number of ether oxygens (including phenoxy) is 1. The molecule has 144 valence electrons. The standard InChI is InChI=1S/C20H25N3O4/c1-14-6-7-17(26-3)16(13-14)21-19(24)15(2)22-8-10-23(11-9-22)20(25)18-5-4-12-27-18/h4-7,12-13,15H,8-11H2,1-3H3,(H,21,24). The predicted octanol–water partition coefficient (Wildman–Crippen LogP) is 2.38. The van der Waals surface area contributed by atoms with Gasteiger partial charge in [-0.25, -0.2) is 0 Å². The molecule has 7 nitrogen and oxygen atoms in total. The van der Waals surface area contributed by atoms with Crippen LogP contribution in [-0.4, -0.2) is 60.9 Å². The van der Waals surface area contributed by atoms with Crippen molar-refractivity contribution in [2.24, 2.45) is 0 Å². The molecule has 1 aromatic carbocycles. The molecular formula is C20H25N3O4. The maximum atomic E-state index is 12.7. The number of carbonyl (C=O) groups is 2. The van der Waals surface area contributed by atoms with Crippen LogP contribution in [0, 0.1) is 6.92 Å². The number of nitrogens with zero attached hydrogens (tertiary/aromatic N) is 2. The summed E-state index contributed by atoms with van der Waals surface area (Å²) in [6, 6.07) is 8.73. The molecule has 27 heavy (non-hydrogen) atoms. The Labute approximate surface area is 158 Å². The first-order valence-corrected chi connectivity index (χ1v) is 9.02. The van der Waals surface area contributed by atoms with Gasteiger partial charge in [0, 0.05) is 26.2 Å². The van der Waals surface area contributed by atoms with Crippen molar-refractivity contribution in [3.05, 3.63) is 47.9 Å². The Morgan fingerprint density at radius 1 is 1.19 bits per heavy atom. The van der Waals surface area contributed by atoms with E-state index in [0.29, 0.717) is 43.4 Å². The van der Waals surface area contributed by atoms with Crippen LogP contribution in [-0.2, 0) is 4.79 Å². The molecule has 7 heteroatoms. The van der Waals surface area contributed by atoms with E-state index in [9.17, 15) is 9.59 Å². The Hall–Kier alpha value is -2.80. The molecule has 2 amide bonds. The van der Waals surface area contributed by atoms with Gasteiger partial charge in [0.05, 0.1) is 25.1 Å². The van der Waals surface area contributed by atoms with E-state index in [1.165, 1.54) is 6.26 Å². The number of anilines is 1. The van der Waals surface area contributed by atoms with E-state index in [1.807, 2.05) is 32.0 Å². The second-order valence-corrected chi connectivity index (χ2v) is 6.67. The monoisotopic (exact) mass is 371 g/mol. The van der Waals surface area contributed by atoms with E-state index >= 15 is 0 Å². The maximum Gasteiger partial charge on any atom is 0.289 e. The Morgan fingerprint density at radius 3 is 2.56 bits per heavy atom. The number of nitrogens with one attached hydrogen (secondary N) is 1. The normalized spacial score (nSPS) is 16.0. The molecule has 1 unspecified atom stereocenters. The second-order valence-electron chi connectivity index (χ2n) is 6.67. The highest BCUT2D eigenvalue weighted by Gasteiger charge is 2.29. The van der Waals surface area contributed by atoms with Crippen LogP contribution in [0.15, 0.2) is 41.0 Å². The minimum Gasteiger partial charge on any atom is -0.495 e. The van der Waals surface area contributed by atoms with Gasteiger partial charge in [0.15, 0.2) is 5.76 Å². The Balaban J connectivity index is 1.57. The summed E-state index contributed by atoms with van der Waals surface area (Å²) in [6.45, 7) is 6.23. The summed E-state index contributed by atoms with van der Waals surface area (Å²) in [7, 11) is 1.58. The number of methoxy groups -OCH3 is 1. The minimum atomic E-state index is -0.309. The smallest absolute Gasteiger partial charge is 0.289 e. The first-order valence-electron chi connectivity index (χ1n) is 9.02. The summed E-state index contributed by atoms with van der Waals surface area (Å²) in [5.74, 6) is 0.779. The molecular weight excluding hydrogens is 346 g/mol.